The van der Waals surface area contributed by atoms with Crippen molar-refractivity contribution in [2.45, 2.75) is 59.8 Å². The fraction of sp³-hybridized carbons (Fsp3) is 1.00. The summed E-state index contributed by atoms with van der Waals surface area (Å²) < 4.78 is 0. The smallest absolute Gasteiger partial charge is 0.0266 e. The summed E-state index contributed by atoms with van der Waals surface area (Å²) in [6, 6.07) is 0. The van der Waals surface area contributed by atoms with Gasteiger partial charge in [0.15, 0.2) is 0 Å². The molecule has 0 aromatic carbocycles. The summed E-state index contributed by atoms with van der Waals surface area (Å²) in [5, 5.41) is 0. The van der Waals surface area contributed by atoms with Gasteiger partial charge in [-0.3, -0.25) is 0 Å². The Hall–Kier alpha value is 0. The summed E-state index contributed by atoms with van der Waals surface area (Å²) in [5.74, 6) is 8.90. The van der Waals surface area contributed by atoms with E-state index in [9.17, 15) is 0 Å². The Labute approximate surface area is 118 Å². The zero-order chi connectivity index (χ0) is 13.2. The molecule has 0 spiro atoms. The van der Waals surface area contributed by atoms with E-state index in [4.69, 9.17) is 0 Å². The lowest BCUT2D eigenvalue weighted by Crippen LogP contribution is -2.45. The third-order valence-corrected chi connectivity index (χ3v) is 9.48. The van der Waals surface area contributed by atoms with Crippen LogP contribution in [0.4, 0.5) is 0 Å². The average Bonchev–Trinajstić information content (AvgIpc) is 2.73. The molecule has 19 heavy (non-hydrogen) atoms. The van der Waals surface area contributed by atoms with E-state index in [0.29, 0.717) is 5.41 Å². The van der Waals surface area contributed by atoms with Crippen molar-refractivity contribution < 1.29 is 0 Å². The molecular weight excluding hydrogens is 228 g/mol. The molecule has 0 heteroatoms. The lowest BCUT2D eigenvalue weighted by molar-refractivity contribution is -0.0337. The van der Waals surface area contributed by atoms with Crippen molar-refractivity contribution in [2.24, 2.45) is 58.2 Å². The van der Waals surface area contributed by atoms with E-state index in [1.165, 1.54) is 11.8 Å². The first kappa shape index (κ1) is 11.6. The molecule has 5 rings (SSSR count). The molecule has 0 saturated heterocycles. The fourth-order valence-electron chi connectivity index (χ4n) is 8.17. The highest BCUT2D eigenvalue weighted by Crippen LogP contribution is 2.77. The topological polar surface area (TPSA) is 0 Å². The van der Waals surface area contributed by atoms with Gasteiger partial charge in [-0.05, 0) is 90.3 Å². The van der Waals surface area contributed by atoms with Gasteiger partial charge in [0.1, 0.15) is 0 Å². The normalized spacial score (nSPS) is 72.0. The van der Waals surface area contributed by atoms with Gasteiger partial charge in [-0.1, -0.05) is 27.7 Å². The van der Waals surface area contributed by atoms with Gasteiger partial charge in [-0.25, -0.2) is 0 Å². The molecular formula is C19H30. The van der Waals surface area contributed by atoms with E-state index < -0.39 is 0 Å². The lowest BCUT2D eigenvalue weighted by atomic mass is 9.53. The SMILES string of the molecule is CC1C(C)C1(C)CC1CC2C3CC4(C)CC(CC13)C24. The van der Waals surface area contributed by atoms with Gasteiger partial charge in [0.05, 0.1) is 0 Å². The molecule has 0 radical (unpaired) electrons. The summed E-state index contributed by atoms with van der Waals surface area (Å²) in [5.41, 5.74) is 1.53. The van der Waals surface area contributed by atoms with Gasteiger partial charge >= 0.3 is 0 Å². The Kier molecular flexibility index (Phi) is 1.90. The Morgan fingerprint density at radius 3 is 2.32 bits per heavy atom. The quantitative estimate of drug-likeness (QED) is 0.655. The molecule has 0 aromatic heterocycles. The second-order valence-corrected chi connectivity index (χ2v) is 9.86. The van der Waals surface area contributed by atoms with Crippen LogP contribution in [0.15, 0.2) is 0 Å². The van der Waals surface area contributed by atoms with Crippen molar-refractivity contribution in [3.63, 3.8) is 0 Å². The first-order valence-corrected chi connectivity index (χ1v) is 8.94. The van der Waals surface area contributed by atoms with Gasteiger partial charge in [-0.2, -0.15) is 0 Å². The largest absolute Gasteiger partial charge is 0.0617 e. The predicted molar refractivity (Wildman–Crippen MR) is 78.6 cm³/mol. The summed E-state index contributed by atoms with van der Waals surface area (Å²) in [6.07, 6.45) is 8.04. The van der Waals surface area contributed by atoms with Crippen molar-refractivity contribution in [1.29, 1.82) is 0 Å². The van der Waals surface area contributed by atoms with Crippen molar-refractivity contribution >= 4 is 0 Å². The van der Waals surface area contributed by atoms with Gasteiger partial charge < -0.3 is 0 Å². The van der Waals surface area contributed by atoms with E-state index in [1.807, 2.05) is 0 Å². The molecule has 0 heterocycles. The van der Waals surface area contributed by atoms with Crippen molar-refractivity contribution in [1.82, 2.24) is 0 Å². The molecule has 5 aliphatic carbocycles. The minimum absolute atomic E-state index is 0.717. The van der Waals surface area contributed by atoms with E-state index in [-0.39, 0.29) is 0 Å². The maximum Gasteiger partial charge on any atom is -0.0266 e. The highest BCUT2D eigenvalue weighted by molar-refractivity contribution is 5.18. The molecule has 0 N–H and O–H groups in total. The van der Waals surface area contributed by atoms with Gasteiger partial charge in [-0.15, -0.1) is 0 Å². The molecule has 0 amide bonds. The molecule has 0 aliphatic heterocycles. The summed E-state index contributed by atoms with van der Waals surface area (Å²) in [6.45, 7) is 10.2. The molecule has 4 bridgehead atoms. The zero-order valence-corrected chi connectivity index (χ0v) is 13.2. The molecule has 5 aliphatic rings. The second-order valence-electron chi connectivity index (χ2n) is 9.86. The van der Waals surface area contributed by atoms with Crippen LogP contribution in [-0.4, -0.2) is 0 Å². The highest BCUT2D eigenvalue weighted by atomic mass is 14.7. The van der Waals surface area contributed by atoms with Crippen LogP contribution in [0.5, 0.6) is 0 Å². The van der Waals surface area contributed by atoms with Crippen LogP contribution in [0.2, 0.25) is 0 Å². The van der Waals surface area contributed by atoms with Crippen LogP contribution < -0.4 is 0 Å². The molecule has 106 valence electrons. The average molecular weight is 258 g/mol. The molecule has 0 aromatic rings. The Morgan fingerprint density at radius 2 is 1.63 bits per heavy atom. The van der Waals surface area contributed by atoms with Crippen molar-refractivity contribution in [2.75, 3.05) is 0 Å². The van der Waals surface area contributed by atoms with Crippen LogP contribution >= 0.6 is 0 Å². The van der Waals surface area contributed by atoms with Crippen LogP contribution in [0.3, 0.4) is 0 Å². The van der Waals surface area contributed by atoms with Crippen LogP contribution in [0, 0.1) is 58.2 Å². The molecule has 9 atom stereocenters. The minimum atomic E-state index is 0.717. The highest BCUT2D eigenvalue weighted by Gasteiger charge is 2.70. The van der Waals surface area contributed by atoms with Gasteiger partial charge in [0.25, 0.3) is 0 Å². The number of hydrogen-bond donors (Lipinski definition) is 0. The molecule has 5 saturated carbocycles. The fourth-order valence-corrected chi connectivity index (χ4v) is 8.17. The van der Waals surface area contributed by atoms with Crippen LogP contribution in [0.25, 0.3) is 0 Å². The second kappa shape index (κ2) is 3.09. The van der Waals surface area contributed by atoms with E-state index in [1.54, 1.807) is 32.1 Å². The summed E-state index contributed by atoms with van der Waals surface area (Å²) in [7, 11) is 0. The van der Waals surface area contributed by atoms with E-state index in [2.05, 4.69) is 27.7 Å². The third-order valence-electron chi connectivity index (χ3n) is 9.48. The maximum atomic E-state index is 2.62. The first-order chi connectivity index (χ1) is 8.94. The molecule has 0 nitrogen and oxygen atoms in total. The Balaban J connectivity index is 1.40. The lowest BCUT2D eigenvalue weighted by Gasteiger charge is -2.52. The zero-order valence-electron chi connectivity index (χ0n) is 13.2. The van der Waals surface area contributed by atoms with E-state index >= 15 is 0 Å². The van der Waals surface area contributed by atoms with Crippen molar-refractivity contribution in [3.8, 4) is 0 Å². The Morgan fingerprint density at radius 1 is 0.895 bits per heavy atom. The van der Waals surface area contributed by atoms with Gasteiger partial charge in [0, 0.05) is 0 Å². The Bertz CT molecular complexity index is 429. The number of rotatable bonds is 2. The van der Waals surface area contributed by atoms with E-state index in [0.717, 1.165) is 40.9 Å². The maximum absolute atomic E-state index is 2.62. The summed E-state index contributed by atoms with van der Waals surface area (Å²) in [4.78, 5) is 0. The van der Waals surface area contributed by atoms with Crippen molar-refractivity contribution in [3.05, 3.63) is 0 Å². The van der Waals surface area contributed by atoms with Gasteiger partial charge in [0.2, 0.25) is 0 Å². The summed E-state index contributed by atoms with van der Waals surface area (Å²) >= 11 is 0. The standard InChI is InChI=1S/C19H30/c1-10-11(2)19(10,4)8-12-5-15-16-9-18(3)7-13(17(15)18)6-14(12)16/h10-17H,5-9H2,1-4H3. The first-order valence-electron chi connectivity index (χ1n) is 8.94. The monoisotopic (exact) mass is 258 g/mol. The number of hydrogen-bond acceptors (Lipinski definition) is 0. The molecule has 9 unspecified atom stereocenters. The third kappa shape index (κ3) is 1.16. The molecule has 5 fully saturated rings. The minimum Gasteiger partial charge on any atom is -0.0617 e. The van der Waals surface area contributed by atoms with Crippen LogP contribution in [0.1, 0.15) is 59.8 Å². The van der Waals surface area contributed by atoms with Crippen LogP contribution in [-0.2, 0) is 0 Å². The predicted octanol–water partition coefficient (Wildman–Crippen LogP) is 4.99.